The summed E-state index contributed by atoms with van der Waals surface area (Å²) in [5.41, 5.74) is 2.70. The highest BCUT2D eigenvalue weighted by atomic mass is 16.5. The van der Waals surface area contributed by atoms with Gasteiger partial charge in [-0.1, -0.05) is 25.1 Å². The standard InChI is InChI=1S/C16H26N2O/c1-4-15(17-2)14-9-5-6-10-16(14)18(3)12-13-8-7-11-19-13/h5-6,9-10,13,15,17H,4,7-8,11-12H2,1-3H3. The molecule has 3 heteroatoms. The highest BCUT2D eigenvalue weighted by molar-refractivity contribution is 5.54. The van der Waals surface area contributed by atoms with Crippen LogP contribution in [-0.4, -0.2) is 33.4 Å². The average Bonchev–Trinajstić information content (AvgIpc) is 2.93. The molecular formula is C16H26N2O. The second-order valence-electron chi connectivity index (χ2n) is 5.32. The van der Waals surface area contributed by atoms with Crippen molar-refractivity contribution in [1.29, 1.82) is 0 Å². The van der Waals surface area contributed by atoms with E-state index >= 15 is 0 Å². The molecule has 0 spiro atoms. The van der Waals surface area contributed by atoms with Crippen molar-refractivity contribution in [3.05, 3.63) is 29.8 Å². The molecule has 1 aromatic carbocycles. The van der Waals surface area contributed by atoms with Crippen molar-refractivity contribution in [3.8, 4) is 0 Å². The Bertz CT molecular complexity index is 384. The Labute approximate surface area is 116 Å². The van der Waals surface area contributed by atoms with Gasteiger partial charge in [0, 0.05) is 31.9 Å². The van der Waals surface area contributed by atoms with E-state index < -0.39 is 0 Å². The number of rotatable bonds is 6. The SMILES string of the molecule is CCC(NC)c1ccccc1N(C)CC1CCCO1. The monoisotopic (exact) mass is 262 g/mol. The Morgan fingerprint density at radius 1 is 1.42 bits per heavy atom. The zero-order valence-corrected chi connectivity index (χ0v) is 12.4. The summed E-state index contributed by atoms with van der Waals surface area (Å²) < 4.78 is 5.74. The number of anilines is 1. The molecule has 1 aromatic rings. The van der Waals surface area contributed by atoms with Crippen LogP contribution in [0.1, 0.15) is 37.8 Å². The molecule has 0 aliphatic carbocycles. The van der Waals surface area contributed by atoms with Crippen LogP contribution >= 0.6 is 0 Å². The Balaban J connectivity index is 2.13. The van der Waals surface area contributed by atoms with Gasteiger partial charge in [0.1, 0.15) is 0 Å². The second kappa shape index (κ2) is 6.92. The molecule has 1 aliphatic rings. The lowest BCUT2D eigenvalue weighted by Gasteiger charge is -2.28. The smallest absolute Gasteiger partial charge is 0.0750 e. The Kier molecular flexibility index (Phi) is 5.23. The van der Waals surface area contributed by atoms with Crippen LogP contribution in [0.3, 0.4) is 0 Å². The number of nitrogens with one attached hydrogen (secondary N) is 1. The van der Waals surface area contributed by atoms with E-state index in [0.717, 1.165) is 19.6 Å². The van der Waals surface area contributed by atoms with Gasteiger partial charge < -0.3 is 15.0 Å². The maximum atomic E-state index is 5.74. The first kappa shape index (κ1) is 14.4. The number of hydrogen-bond donors (Lipinski definition) is 1. The molecule has 3 nitrogen and oxygen atoms in total. The van der Waals surface area contributed by atoms with Crippen molar-refractivity contribution in [2.45, 2.75) is 38.3 Å². The van der Waals surface area contributed by atoms with Crippen LogP contribution in [0.4, 0.5) is 5.69 Å². The molecule has 2 rings (SSSR count). The third kappa shape index (κ3) is 3.48. The molecule has 0 saturated carbocycles. The molecule has 1 saturated heterocycles. The fourth-order valence-corrected chi connectivity index (χ4v) is 2.90. The van der Waals surface area contributed by atoms with Gasteiger partial charge >= 0.3 is 0 Å². The highest BCUT2D eigenvalue weighted by Gasteiger charge is 2.20. The van der Waals surface area contributed by atoms with E-state index in [-0.39, 0.29) is 0 Å². The lowest BCUT2D eigenvalue weighted by Crippen LogP contribution is -2.30. The second-order valence-corrected chi connectivity index (χ2v) is 5.32. The van der Waals surface area contributed by atoms with Gasteiger partial charge in [0.05, 0.1) is 6.10 Å². The number of likely N-dealkylation sites (N-methyl/N-ethyl adjacent to an activating group) is 1. The van der Waals surface area contributed by atoms with Gasteiger partial charge in [-0.15, -0.1) is 0 Å². The summed E-state index contributed by atoms with van der Waals surface area (Å²) >= 11 is 0. The van der Waals surface area contributed by atoms with Crippen molar-refractivity contribution in [1.82, 2.24) is 5.32 Å². The molecule has 2 atom stereocenters. The van der Waals surface area contributed by atoms with E-state index in [0.29, 0.717) is 12.1 Å². The molecular weight excluding hydrogens is 236 g/mol. The number of nitrogens with zero attached hydrogens (tertiary/aromatic N) is 1. The number of para-hydroxylation sites is 1. The van der Waals surface area contributed by atoms with E-state index in [1.807, 2.05) is 7.05 Å². The molecule has 0 aromatic heterocycles. The van der Waals surface area contributed by atoms with Gasteiger partial charge in [0.2, 0.25) is 0 Å². The lowest BCUT2D eigenvalue weighted by molar-refractivity contribution is 0.116. The first-order valence-electron chi connectivity index (χ1n) is 7.35. The number of ether oxygens (including phenoxy) is 1. The van der Waals surface area contributed by atoms with Crippen LogP contribution in [0, 0.1) is 0 Å². The fraction of sp³-hybridized carbons (Fsp3) is 0.625. The molecule has 0 radical (unpaired) electrons. The van der Waals surface area contributed by atoms with Crippen LogP contribution in [0.2, 0.25) is 0 Å². The summed E-state index contributed by atoms with van der Waals surface area (Å²) in [5, 5.41) is 3.40. The van der Waals surface area contributed by atoms with Gasteiger partial charge in [-0.2, -0.15) is 0 Å². The molecule has 1 aliphatic heterocycles. The summed E-state index contributed by atoms with van der Waals surface area (Å²) in [6.45, 7) is 4.13. The third-order valence-corrected chi connectivity index (χ3v) is 3.98. The van der Waals surface area contributed by atoms with Gasteiger partial charge in [-0.3, -0.25) is 0 Å². The molecule has 106 valence electrons. The minimum Gasteiger partial charge on any atom is -0.376 e. The Morgan fingerprint density at radius 2 is 2.21 bits per heavy atom. The zero-order valence-electron chi connectivity index (χ0n) is 12.4. The average molecular weight is 262 g/mol. The minimum atomic E-state index is 0.396. The predicted octanol–water partition coefficient (Wildman–Crippen LogP) is 2.97. The van der Waals surface area contributed by atoms with Crippen molar-refractivity contribution in [3.63, 3.8) is 0 Å². The van der Waals surface area contributed by atoms with Crippen molar-refractivity contribution < 1.29 is 4.74 Å². The molecule has 1 N–H and O–H groups in total. The first-order chi connectivity index (χ1) is 9.26. The van der Waals surface area contributed by atoms with Crippen molar-refractivity contribution >= 4 is 5.69 Å². The van der Waals surface area contributed by atoms with E-state index in [2.05, 4.69) is 48.5 Å². The quantitative estimate of drug-likeness (QED) is 0.853. The summed E-state index contributed by atoms with van der Waals surface area (Å²) in [6, 6.07) is 9.10. The molecule has 1 fully saturated rings. The van der Waals surface area contributed by atoms with Crippen LogP contribution in [0.25, 0.3) is 0 Å². The fourth-order valence-electron chi connectivity index (χ4n) is 2.90. The van der Waals surface area contributed by atoms with Gasteiger partial charge in [0.25, 0.3) is 0 Å². The predicted molar refractivity (Wildman–Crippen MR) is 80.8 cm³/mol. The molecule has 0 bridgehead atoms. The van der Waals surface area contributed by atoms with Crippen molar-refractivity contribution in [2.24, 2.45) is 0 Å². The molecule has 19 heavy (non-hydrogen) atoms. The summed E-state index contributed by atoms with van der Waals surface area (Å²) in [5.74, 6) is 0. The summed E-state index contributed by atoms with van der Waals surface area (Å²) in [4.78, 5) is 2.34. The summed E-state index contributed by atoms with van der Waals surface area (Å²) in [7, 11) is 4.20. The van der Waals surface area contributed by atoms with E-state index in [1.54, 1.807) is 0 Å². The van der Waals surface area contributed by atoms with E-state index in [1.165, 1.54) is 24.1 Å². The van der Waals surface area contributed by atoms with Crippen LogP contribution in [0.5, 0.6) is 0 Å². The zero-order chi connectivity index (χ0) is 13.7. The lowest BCUT2D eigenvalue weighted by atomic mass is 10.0. The Hall–Kier alpha value is -1.06. The number of benzene rings is 1. The highest BCUT2D eigenvalue weighted by Crippen LogP contribution is 2.28. The van der Waals surface area contributed by atoms with E-state index in [4.69, 9.17) is 4.74 Å². The summed E-state index contributed by atoms with van der Waals surface area (Å²) in [6.07, 6.45) is 3.89. The molecule has 0 amide bonds. The van der Waals surface area contributed by atoms with Gasteiger partial charge in [-0.05, 0) is 37.9 Å². The van der Waals surface area contributed by atoms with Crippen molar-refractivity contribution in [2.75, 3.05) is 32.1 Å². The Morgan fingerprint density at radius 3 is 2.84 bits per heavy atom. The maximum absolute atomic E-state index is 5.74. The van der Waals surface area contributed by atoms with Crippen LogP contribution < -0.4 is 10.2 Å². The van der Waals surface area contributed by atoms with Gasteiger partial charge in [-0.25, -0.2) is 0 Å². The third-order valence-electron chi connectivity index (χ3n) is 3.98. The van der Waals surface area contributed by atoms with Crippen LogP contribution in [0.15, 0.2) is 24.3 Å². The normalized spacial score (nSPS) is 20.5. The first-order valence-corrected chi connectivity index (χ1v) is 7.35. The molecule has 2 unspecified atom stereocenters. The maximum Gasteiger partial charge on any atom is 0.0750 e. The van der Waals surface area contributed by atoms with Gasteiger partial charge in [0.15, 0.2) is 0 Å². The molecule has 1 heterocycles. The van der Waals surface area contributed by atoms with Crippen LogP contribution in [-0.2, 0) is 4.74 Å². The van der Waals surface area contributed by atoms with E-state index in [9.17, 15) is 0 Å². The topological polar surface area (TPSA) is 24.5 Å². The number of hydrogen-bond acceptors (Lipinski definition) is 3. The minimum absolute atomic E-state index is 0.396. The largest absolute Gasteiger partial charge is 0.376 e.